The minimum Gasteiger partial charge on any atom is -0.438 e. The Morgan fingerprint density at radius 3 is 2.47 bits per heavy atom. The first-order valence-electron chi connectivity index (χ1n) is 13.2. The van der Waals surface area contributed by atoms with Gasteiger partial charge in [-0.15, -0.1) is 0 Å². The largest absolute Gasteiger partial charge is 0.438 e. The van der Waals surface area contributed by atoms with Gasteiger partial charge in [-0.1, -0.05) is 81.1 Å². The lowest BCUT2D eigenvalue weighted by Gasteiger charge is -2.17. The quantitative estimate of drug-likeness (QED) is 0.161. The molecular weight excluding hydrogens is 468 g/mol. The molecule has 0 aliphatic carbocycles. The van der Waals surface area contributed by atoms with E-state index < -0.39 is 0 Å². The summed E-state index contributed by atoms with van der Waals surface area (Å²) >= 11 is 6.35. The van der Waals surface area contributed by atoms with Crippen LogP contribution in [0.5, 0.6) is 5.75 Å². The number of rotatable bonds is 10. The molecule has 0 saturated carbocycles. The molecular formula is C31H34ClN2O2+. The average molecular weight is 502 g/mol. The van der Waals surface area contributed by atoms with Gasteiger partial charge in [0, 0.05) is 24.1 Å². The highest BCUT2D eigenvalue weighted by Gasteiger charge is 2.30. The zero-order chi connectivity index (χ0) is 24.9. The van der Waals surface area contributed by atoms with Gasteiger partial charge in [0.1, 0.15) is 6.08 Å². The van der Waals surface area contributed by atoms with Gasteiger partial charge in [-0.3, -0.25) is 0 Å². The number of halogens is 1. The molecule has 0 fully saturated rings. The Morgan fingerprint density at radius 2 is 1.67 bits per heavy atom. The van der Waals surface area contributed by atoms with Crippen molar-refractivity contribution in [2.45, 2.75) is 58.9 Å². The molecule has 5 rings (SSSR count). The fourth-order valence-electron chi connectivity index (χ4n) is 4.81. The van der Waals surface area contributed by atoms with Crippen molar-refractivity contribution in [3.05, 3.63) is 83.5 Å². The molecule has 0 atom stereocenters. The maximum absolute atomic E-state index is 6.43. The molecule has 0 unspecified atom stereocenters. The van der Waals surface area contributed by atoms with Crippen molar-refractivity contribution in [2.75, 3.05) is 11.4 Å². The number of oxazole rings is 1. The van der Waals surface area contributed by atoms with Gasteiger partial charge in [0.05, 0.1) is 5.69 Å². The Hall–Kier alpha value is -3.24. The van der Waals surface area contributed by atoms with E-state index in [0.717, 1.165) is 60.2 Å². The first-order valence-corrected chi connectivity index (χ1v) is 13.5. The van der Waals surface area contributed by atoms with Crippen LogP contribution in [0.15, 0.2) is 77.0 Å². The van der Waals surface area contributed by atoms with Gasteiger partial charge < -0.3 is 14.1 Å². The Bertz CT molecular complexity index is 1360. The van der Waals surface area contributed by atoms with Gasteiger partial charge in [-0.05, 0) is 48.2 Å². The minimum atomic E-state index is 0.714. The fraction of sp³-hybridized carbons (Fsp3) is 0.323. The molecule has 0 bridgehead atoms. The van der Waals surface area contributed by atoms with E-state index in [1.807, 2.05) is 30.3 Å². The third-order valence-electron chi connectivity index (χ3n) is 6.75. The van der Waals surface area contributed by atoms with E-state index >= 15 is 0 Å². The van der Waals surface area contributed by atoms with Gasteiger partial charge >= 0.3 is 5.89 Å². The van der Waals surface area contributed by atoms with Crippen molar-refractivity contribution in [3.8, 4) is 16.9 Å². The van der Waals surface area contributed by atoms with Crippen LogP contribution in [0.1, 0.15) is 58.3 Å². The molecule has 186 valence electrons. The summed E-state index contributed by atoms with van der Waals surface area (Å²) in [5.41, 5.74) is 5.40. The number of fused-ring (bicyclic) bond motifs is 2. The second-order valence-electron chi connectivity index (χ2n) is 9.40. The Morgan fingerprint density at radius 1 is 0.861 bits per heavy atom. The monoisotopic (exact) mass is 501 g/mol. The highest BCUT2D eigenvalue weighted by atomic mass is 35.5. The first kappa shape index (κ1) is 24.5. The van der Waals surface area contributed by atoms with Gasteiger partial charge in [0.2, 0.25) is 11.5 Å². The number of anilines is 1. The molecule has 5 heteroatoms. The Labute approximate surface area is 218 Å². The number of nitrogens with zero attached hydrogens (tertiary/aromatic N) is 2. The predicted molar refractivity (Wildman–Crippen MR) is 148 cm³/mol. The lowest BCUT2D eigenvalue weighted by Crippen LogP contribution is -2.36. The summed E-state index contributed by atoms with van der Waals surface area (Å²) < 4.78 is 15.1. The second kappa shape index (κ2) is 11.2. The predicted octanol–water partition coefficient (Wildman–Crippen LogP) is 8.62. The number of unbranched alkanes of at least 4 members (excludes halogenated alkanes) is 4. The van der Waals surface area contributed by atoms with Gasteiger partial charge in [0.25, 0.3) is 5.52 Å². The first-order chi connectivity index (χ1) is 17.7. The van der Waals surface area contributed by atoms with E-state index in [-0.39, 0.29) is 0 Å². The third-order valence-corrected chi connectivity index (χ3v) is 6.98. The lowest BCUT2D eigenvalue weighted by molar-refractivity contribution is -0.678. The van der Waals surface area contributed by atoms with Crippen molar-refractivity contribution in [1.82, 2.24) is 0 Å². The summed E-state index contributed by atoms with van der Waals surface area (Å²) in [5, 5.41) is 0.714. The molecule has 0 N–H and O–H groups in total. The average Bonchev–Trinajstić information content (AvgIpc) is 3.41. The molecule has 1 aliphatic heterocycles. The number of aryl methyl sites for hydroxylation is 1. The van der Waals surface area contributed by atoms with E-state index in [2.05, 4.69) is 65.8 Å². The molecule has 0 saturated heterocycles. The van der Waals surface area contributed by atoms with Crippen LogP contribution in [0.3, 0.4) is 0 Å². The summed E-state index contributed by atoms with van der Waals surface area (Å²) in [6.07, 6.45) is 8.92. The highest BCUT2D eigenvalue weighted by Crippen LogP contribution is 2.41. The van der Waals surface area contributed by atoms with Crippen LogP contribution >= 0.6 is 11.6 Å². The molecule has 1 aromatic heterocycles. The summed E-state index contributed by atoms with van der Waals surface area (Å²) in [5.74, 6) is 2.43. The normalized spacial score (nSPS) is 14.0. The van der Waals surface area contributed by atoms with Crippen LogP contribution < -0.4 is 14.2 Å². The van der Waals surface area contributed by atoms with E-state index in [4.69, 9.17) is 20.8 Å². The van der Waals surface area contributed by atoms with Crippen LogP contribution in [0.2, 0.25) is 5.02 Å². The number of benzene rings is 3. The summed E-state index contributed by atoms with van der Waals surface area (Å²) in [7, 11) is 0. The van der Waals surface area contributed by atoms with E-state index in [0.29, 0.717) is 5.02 Å². The molecule has 36 heavy (non-hydrogen) atoms. The molecule has 0 spiro atoms. The molecule has 3 aromatic carbocycles. The zero-order valence-corrected chi connectivity index (χ0v) is 21.9. The topological polar surface area (TPSA) is 29.5 Å². The third kappa shape index (κ3) is 5.15. The second-order valence-corrected chi connectivity index (χ2v) is 9.84. The number of hydrogen-bond acceptors (Lipinski definition) is 3. The lowest BCUT2D eigenvalue weighted by atomic mass is 10.1. The zero-order valence-electron chi connectivity index (χ0n) is 21.2. The van der Waals surface area contributed by atoms with Crippen LogP contribution in [-0.4, -0.2) is 6.54 Å². The van der Waals surface area contributed by atoms with Crippen LogP contribution in [0, 0.1) is 0 Å². The van der Waals surface area contributed by atoms with Crippen molar-refractivity contribution < 1.29 is 13.7 Å². The Kier molecular flexibility index (Phi) is 7.62. The minimum absolute atomic E-state index is 0.714. The summed E-state index contributed by atoms with van der Waals surface area (Å²) in [6.45, 7) is 6.23. The van der Waals surface area contributed by atoms with E-state index in [1.54, 1.807) is 0 Å². The number of ether oxygens (including phenoxy) is 1. The van der Waals surface area contributed by atoms with Gasteiger partial charge in [-0.25, -0.2) is 0 Å². The SMILES string of the molecule is CCCCCN1/C(=C/c2oc3ccc(-c4ccccc4)cc3[n+]2CCCCC)Oc2ccc(Cl)cc21. The highest BCUT2D eigenvalue weighted by molar-refractivity contribution is 6.31. The molecule has 2 heterocycles. The van der Waals surface area contributed by atoms with E-state index in [9.17, 15) is 0 Å². The summed E-state index contributed by atoms with van der Waals surface area (Å²) in [6, 6.07) is 22.8. The molecule has 0 amide bonds. The van der Waals surface area contributed by atoms with Crippen molar-refractivity contribution in [1.29, 1.82) is 0 Å². The molecule has 4 aromatic rings. The molecule has 0 radical (unpaired) electrons. The molecule has 4 nitrogen and oxygen atoms in total. The number of aromatic nitrogens is 1. The Balaban J connectivity index is 1.56. The van der Waals surface area contributed by atoms with Gasteiger partial charge in [0.15, 0.2) is 12.3 Å². The maximum Gasteiger partial charge on any atom is 0.379 e. The molecule has 1 aliphatic rings. The smallest absolute Gasteiger partial charge is 0.379 e. The van der Waals surface area contributed by atoms with Crippen LogP contribution in [0.25, 0.3) is 28.3 Å². The van der Waals surface area contributed by atoms with Crippen LogP contribution in [0.4, 0.5) is 5.69 Å². The van der Waals surface area contributed by atoms with Crippen molar-refractivity contribution in [3.63, 3.8) is 0 Å². The van der Waals surface area contributed by atoms with Crippen molar-refractivity contribution >= 4 is 34.5 Å². The van der Waals surface area contributed by atoms with Crippen LogP contribution in [-0.2, 0) is 6.54 Å². The fourth-order valence-corrected chi connectivity index (χ4v) is 4.97. The number of hydrogen-bond donors (Lipinski definition) is 0. The van der Waals surface area contributed by atoms with Crippen molar-refractivity contribution in [2.24, 2.45) is 0 Å². The van der Waals surface area contributed by atoms with E-state index in [1.165, 1.54) is 36.8 Å². The van der Waals surface area contributed by atoms with Gasteiger partial charge in [-0.2, -0.15) is 4.57 Å². The standard InChI is InChI=1S/C31H34ClN2O2/c1-3-5-10-18-33-26-20-24(23-12-8-7-9-13-23)14-16-28(26)35-30(33)22-31-34(19-11-6-4-2)27-21-25(32)15-17-29(27)36-31/h7-9,12-17,20-22H,3-6,10-11,18-19H2,1-2H3/q+1. The maximum atomic E-state index is 6.43. The summed E-state index contributed by atoms with van der Waals surface area (Å²) in [4.78, 5) is 2.23.